The lowest BCUT2D eigenvalue weighted by Crippen LogP contribution is -2.56. The molecule has 2 saturated heterocycles. The minimum atomic E-state index is -0.659. The fraction of sp³-hybridized carbons (Fsp3) is 0.464. The second-order valence-corrected chi connectivity index (χ2v) is 9.65. The maximum Gasteiger partial charge on any atom is 0.246 e. The molecule has 0 aromatic heterocycles. The molecular weight excluding hydrogens is 456 g/mol. The van der Waals surface area contributed by atoms with Gasteiger partial charge in [-0.2, -0.15) is 0 Å². The van der Waals surface area contributed by atoms with Crippen molar-refractivity contribution in [2.45, 2.75) is 69.2 Å². The monoisotopic (exact) mass is 492 g/mol. The summed E-state index contributed by atoms with van der Waals surface area (Å²) in [5.41, 5.74) is 1.95. The smallest absolute Gasteiger partial charge is 0.246 e. The van der Waals surface area contributed by atoms with Crippen molar-refractivity contribution in [3.63, 3.8) is 0 Å². The number of nitrogens with zero attached hydrogens (tertiary/aromatic N) is 1. The molecule has 2 aromatic carbocycles. The van der Waals surface area contributed by atoms with Gasteiger partial charge in [-0.1, -0.05) is 60.7 Å². The van der Waals surface area contributed by atoms with Crippen LogP contribution in [0.5, 0.6) is 0 Å². The number of amides is 3. The van der Waals surface area contributed by atoms with E-state index in [4.69, 9.17) is 5.11 Å². The molecule has 8 nitrogen and oxygen atoms in total. The molecule has 2 fully saturated rings. The van der Waals surface area contributed by atoms with E-state index in [2.05, 4.69) is 16.0 Å². The summed E-state index contributed by atoms with van der Waals surface area (Å²) in [6, 6.07) is 17.6. The van der Waals surface area contributed by atoms with Crippen molar-refractivity contribution in [1.82, 2.24) is 20.9 Å². The first-order valence-corrected chi connectivity index (χ1v) is 12.9. The van der Waals surface area contributed by atoms with E-state index in [-0.39, 0.29) is 36.4 Å². The standard InChI is InChI=1S/C28H36N4O4/c1-19(29-17-18-33)26(34)30-23-14-8-13-22-15-16-24(32(22)28(23)36)27(35)31-25(20-9-4-2-5-10-20)21-11-6-3-7-12-21/h2-7,9-12,19,22-25,29,33H,8,13-18H2,1H3,(H,30,34)(H,31,35)/t19-,22-,23-,24-/m0/s1. The lowest BCUT2D eigenvalue weighted by atomic mass is 9.98. The van der Waals surface area contributed by atoms with Crippen molar-refractivity contribution in [3.8, 4) is 0 Å². The maximum atomic E-state index is 13.6. The molecule has 4 N–H and O–H groups in total. The van der Waals surface area contributed by atoms with Gasteiger partial charge < -0.3 is 26.0 Å². The molecular formula is C28H36N4O4. The van der Waals surface area contributed by atoms with Crippen LogP contribution in [-0.2, 0) is 14.4 Å². The average molecular weight is 493 g/mol. The quantitative estimate of drug-likeness (QED) is 0.427. The Hall–Kier alpha value is -3.23. The second kappa shape index (κ2) is 12.1. The summed E-state index contributed by atoms with van der Waals surface area (Å²) in [5.74, 6) is -0.643. The molecule has 4 atom stereocenters. The Bertz CT molecular complexity index is 993. The Morgan fingerprint density at radius 1 is 0.972 bits per heavy atom. The van der Waals surface area contributed by atoms with E-state index in [0.717, 1.165) is 30.4 Å². The summed E-state index contributed by atoms with van der Waals surface area (Å²) in [7, 11) is 0. The van der Waals surface area contributed by atoms with E-state index >= 15 is 0 Å². The van der Waals surface area contributed by atoms with Gasteiger partial charge in [0.2, 0.25) is 17.7 Å². The van der Waals surface area contributed by atoms with Crippen molar-refractivity contribution < 1.29 is 19.5 Å². The minimum absolute atomic E-state index is 0.00647. The van der Waals surface area contributed by atoms with Crippen LogP contribution in [0.25, 0.3) is 0 Å². The van der Waals surface area contributed by atoms with Crippen molar-refractivity contribution in [3.05, 3.63) is 71.8 Å². The number of rotatable bonds is 9. The van der Waals surface area contributed by atoms with Gasteiger partial charge in [-0.3, -0.25) is 14.4 Å². The van der Waals surface area contributed by atoms with Gasteiger partial charge in [-0.25, -0.2) is 0 Å². The molecule has 2 aromatic rings. The molecule has 0 saturated carbocycles. The summed E-state index contributed by atoms with van der Waals surface area (Å²) in [6.45, 7) is 1.93. The van der Waals surface area contributed by atoms with Crippen LogP contribution in [0.1, 0.15) is 56.2 Å². The van der Waals surface area contributed by atoms with E-state index < -0.39 is 18.1 Å². The predicted octanol–water partition coefficient (Wildman–Crippen LogP) is 1.89. The number of nitrogens with one attached hydrogen (secondary N) is 3. The van der Waals surface area contributed by atoms with Crippen LogP contribution in [0.3, 0.4) is 0 Å². The zero-order valence-corrected chi connectivity index (χ0v) is 20.7. The third kappa shape index (κ3) is 5.94. The number of aliphatic hydroxyl groups excluding tert-OH is 1. The summed E-state index contributed by atoms with van der Waals surface area (Å²) >= 11 is 0. The van der Waals surface area contributed by atoms with Crippen LogP contribution in [0.4, 0.5) is 0 Å². The normalized spacial score (nSPS) is 22.6. The predicted molar refractivity (Wildman–Crippen MR) is 137 cm³/mol. The Kier molecular flexibility index (Phi) is 8.72. The van der Waals surface area contributed by atoms with E-state index in [0.29, 0.717) is 19.4 Å². The molecule has 8 heteroatoms. The highest BCUT2D eigenvalue weighted by atomic mass is 16.3. The fourth-order valence-electron chi connectivity index (χ4n) is 5.31. The zero-order chi connectivity index (χ0) is 25.5. The van der Waals surface area contributed by atoms with E-state index in [9.17, 15) is 14.4 Å². The van der Waals surface area contributed by atoms with Crippen molar-refractivity contribution in [2.75, 3.05) is 13.2 Å². The van der Waals surface area contributed by atoms with Gasteiger partial charge in [0.25, 0.3) is 0 Å². The Labute approximate surface area is 212 Å². The van der Waals surface area contributed by atoms with Gasteiger partial charge in [0.05, 0.1) is 18.7 Å². The summed E-state index contributed by atoms with van der Waals surface area (Å²) in [6.07, 6.45) is 3.56. The fourth-order valence-corrected chi connectivity index (χ4v) is 5.31. The first-order valence-electron chi connectivity index (χ1n) is 12.9. The van der Waals surface area contributed by atoms with E-state index in [1.54, 1.807) is 11.8 Å². The number of hydrogen-bond donors (Lipinski definition) is 4. The first-order chi connectivity index (χ1) is 17.5. The molecule has 2 aliphatic heterocycles. The van der Waals surface area contributed by atoms with Crippen molar-refractivity contribution in [2.24, 2.45) is 0 Å². The molecule has 192 valence electrons. The molecule has 0 aliphatic carbocycles. The summed E-state index contributed by atoms with van der Waals surface area (Å²) < 4.78 is 0. The summed E-state index contributed by atoms with van der Waals surface area (Å²) in [5, 5.41) is 18.0. The highest BCUT2D eigenvalue weighted by molar-refractivity contribution is 5.94. The van der Waals surface area contributed by atoms with Crippen molar-refractivity contribution >= 4 is 17.7 Å². The lowest BCUT2D eigenvalue weighted by molar-refractivity contribution is -0.143. The van der Waals surface area contributed by atoms with Crippen LogP contribution in [0.15, 0.2) is 60.7 Å². The van der Waals surface area contributed by atoms with E-state index in [1.165, 1.54) is 0 Å². The van der Waals surface area contributed by atoms with Crippen LogP contribution >= 0.6 is 0 Å². The van der Waals surface area contributed by atoms with Crippen molar-refractivity contribution in [1.29, 1.82) is 0 Å². The number of carbonyl (C=O) groups is 3. The molecule has 0 unspecified atom stereocenters. The number of aliphatic hydroxyl groups is 1. The third-order valence-corrected chi connectivity index (χ3v) is 7.21. The highest BCUT2D eigenvalue weighted by Gasteiger charge is 2.45. The molecule has 0 bridgehead atoms. The maximum absolute atomic E-state index is 13.6. The van der Waals surface area contributed by atoms with Crippen LogP contribution < -0.4 is 16.0 Å². The topological polar surface area (TPSA) is 111 Å². The highest BCUT2D eigenvalue weighted by Crippen LogP contribution is 2.33. The Morgan fingerprint density at radius 2 is 1.61 bits per heavy atom. The van der Waals surface area contributed by atoms with Gasteiger partial charge in [-0.15, -0.1) is 0 Å². The van der Waals surface area contributed by atoms with Crippen LogP contribution in [-0.4, -0.2) is 65.0 Å². The molecule has 0 radical (unpaired) electrons. The van der Waals surface area contributed by atoms with Gasteiger partial charge >= 0.3 is 0 Å². The SMILES string of the molecule is C[C@H](NCCO)C(=O)N[C@H]1CCC[C@H]2CC[C@@H](C(=O)NC(c3ccccc3)c3ccccc3)N2C1=O. The van der Waals surface area contributed by atoms with E-state index in [1.807, 2.05) is 60.7 Å². The molecule has 36 heavy (non-hydrogen) atoms. The molecule has 3 amide bonds. The van der Waals surface area contributed by atoms with Gasteiger partial charge in [-0.05, 0) is 50.2 Å². The van der Waals surface area contributed by atoms with Gasteiger partial charge in [0.15, 0.2) is 0 Å². The number of hydrogen-bond acceptors (Lipinski definition) is 5. The number of fused-ring (bicyclic) bond motifs is 1. The second-order valence-electron chi connectivity index (χ2n) is 9.65. The lowest BCUT2D eigenvalue weighted by Gasteiger charge is -2.32. The van der Waals surface area contributed by atoms with Gasteiger partial charge in [0.1, 0.15) is 12.1 Å². The summed E-state index contributed by atoms with van der Waals surface area (Å²) in [4.78, 5) is 41.6. The first kappa shape index (κ1) is 25.9. The number of carbonyl (C=O) groups excluding carboxylic acids is 3. The largest absolute Gasteiger partial charge is 0.395 e. The third-order valence-electron chi connectivity index (χ3n) is 7.21. The molecule has 2 heterocycles. The van der Waals surface area contributed by atoms with Crippen LogP contribution in [0.2, 0.25) is 0 Å². The van der Waals surface area contributed by atoms with Gasteiger partial charge in [0, 0.05) is 12.6 Å². The zero-order valence-electron chi connectivity index (χ0n) is 20.7. The molecule has 2 aliphatic rings. The van der Waals surface area contributed by atoms with Crippen LogP contribution in [0, 0.1) is 0 Å². The number of benzene rings is 2. The molecule has 4 rings (SSSR count). The Morgan fingerprint density at radius 3 is 2.22 bits per heavy atom. The Balaban J connectivity index is 1.50. The molecule has 0 spiro atoms. The average Bonchev–Trinajstić information content (AvgIpc) is 3.27. The minimum Gasteiger partial charge on any atom is -0.395 e.